The fraction of sp³-hybridized carbons (Fsp3) is 0.128. The molecule has 0 aliphatic heterocycles. The molecule has 0 radical (unpaired) electrons. The van der Waals surface area contributed by atoms with Crippen LogP contribution in [0.2, 0.25) is 0 Å². The normalized spacial score (nSPS) is 11.5. The van der Waals surface area contributed by atoms with Crippen molar-refractivity contribution in [3.8, 4) is 0 Å². The molecule has 0 saturated heterocycles. The predicted molar refractivity (Wildman–Crippen MR) is 184 cm³/mol. The van der Waals surface area contributed by atoms with Gasteiger partial charge in [-0.05, 0) is 73.8 Å². The molecule has 10 heteroatoms. The number of halogens is 1. The van der Waals surface area contributed by atoms with Gasteiger partial charge in [0.25, 0.3) is 5.91 Å². The van der Waals surface area contributed by atoms with Crippen LogP contribution in [0.5, 0.6) is 0 Å². The lowest BCUT2D eigenvalue weighted by molar-refractivity contribution is -0.132. The molecule has 0 fully saturated rings. The summed E-state index contributed by atoms with van der Waals surface area (Å²) in [5.74, 6) is -2.91. The number of alkyl carbamates (subject to hydrolysis) is 1. The van der Waals surface area contributed by atoms with E-state index < -0.39 is 42.3 Å². The summed E-state index contributed by atoms with van der Waals surface area (Å²) in [6.45, 7) is -0.482. The van der Waals surface area contributed by atoms with Crippen LogP contribution in [-0.2, 0) is 32.0 Å². The molecule has 246 valence electrons. The maximum Gasteiger partial charge on any atom is 0.407 e. The molecule has 0 aromatic heterocycles. The molecule has 0 heterocycles. The molecule has 6 aromatic rings. The maximum atomic E-state index is 13.3. The number of carbonyl (C=O) groups is 4. The number of benzene rings is 6. The van der Waals surface area contributed by atoms with E-state index in [1.807, 2.05) is 96.5 Å². The molecule has 0 aliphatic rings. The van der Waals surface area contributed by atoms with E-state index in [2.05, 4.69) is 16.7 Å². The number of rotatable bonds is 10. The van der Waals surface area contributed by atoms with Crippen LogP contribution in [0.15, 0.2) is 121 Å². The molecule has 6 aromatic carbocycles. The molecule has 3 N–H and O–H groups in total. The molecule has 9 nitrogen and oxygen atoms in total. The number of hydrogen-bond donors (Lipinski definition) is 3. The maximum absolute atomic E-state index is 13.3. The molecule has 0 spiro atoms. The van der Waals surface area contributed by atoms with Crippen LogP contribution in [0.3, 0.4) is 0 Å². The van der Waals surface area contributed by atoms with Crippen molar-refractivity contribution in [1.82, 2.24) is 16.1 Å². The van der Waals surface area contributed by atoms with Crippen molar-refractivity contribution in [3.05, 3.63) is 144 Å². The first-order valence-corrected chi connectivity index (χ1v) is 15.7. The smallest absolute Gasteiger partial charge is 0.407 e. The van der Waals surface area contributed by atoms with Crippen LogP contribution in [0.1, 0.15) is 21.5 Å². The highest BCUT2D eigenvalue weighted by molar-refractivity contribution is 6.02. The second-order valence-electron chi connectivity index (χ2n) is 11.4. The number of carbonyl (C=O) groups excluding carboxylic acids is 4. The first kappa shape index (κ1) is 32.6. The van der Waals surface area contributed by atoms with E-state index in [0.29, 0.717) is 6.42 Å². The number of nitrogens with one attached hydrogen (secondary N) is 3. The van der Waals surface area contributed by atoms with Crippen molar-refractivity contribution in [2.24, 2.45) is 0 Å². The monoisotopic (exact) mass is 657 g/mol. The van der Waals surface area contributed by atoms with Gasteiger partial charge in [-0.1, -0.05) is 91.0 Å². The van der Waals surface area contributed by atoms with Crippen LogP contribution in [0, 0.1) is 5.82 Å². The van der Waals surface area contributed by atoms with Crippen LogP contribution >= 0.6 is 0 Å². The van der Waals surface area contributed by atoms with Crippen molar-refractivity contribution in [1.29, 1.82) is 0 Å². The van der Waals surface area contributed by atoms with Gasteiger partial charge in [-0.15, -0.1) is 0 Å². The Morgan fingerprint density at radius 1 is 0.694 bits per heavy atom. The molecule has 1 atom stereocenters. The summed E-state index contributed by atoms with van der Waals surface area (Å²) in [5.41, 5.74) is 3.82. The van der Waals surface area contributed by atoms with Gasteiger partial charge in [0.1, 0.15) is 11.9 Å². The lowest BCUT2D eigenvalue weighted by Crippen LogP contribution is -2.50. The summed E-state index contributed by atoms with van der Waals surface area (Å²) in [6.07, 6.45) is -0.225. The fourth-order valence-electron chi connectivity index (χ4n) is 5.69. The Morgan fingerprint density at radius 2 is 1.33 bits per heavy atom. The molecule has 0 unspecified atom stereocenters. The van der Waals surface area contributed by atoms with Crippen molar-refractivity contribution in [2.45, 2.75) is 18.9 Å². The summed E-state index contributed by atoms with van der Waals surface area (Å²) in [6, 6.07) is 35.2. The highest BCUT2D eigenvalue weighted by atomic mass is 19.1. The average molecular weight is 658 g/mol. The SMILES string of the molecule is O=C(CNC(=O)[C@H](Cc1ccc2ccccc2c1)NC(=O)OCCc1c2ccccc2cc2ccccc12)NOC(=O)c1ccc(F)cc1. The van der Waals surface area contributed by atoms with E-state index in [-0.39, 0.29) is 18.6 Å². The Morgan fingerprint density at radius 3 is 2.02 bits per heavy atom. The molecule has 0 aliphatic carbocycles. The summed E-state index contributed by atoms with van der Waals surface area (Å²) in [7, 11) is 0. The van der Waals surface area contributed by atoms with Crippen molar-refractivity contribution >= 4 is 56.2 Å². The highest BCUT2D eigenvalue weighted by Crippen LogP contribution is 2.29. The number of hydrogen-bond acceptors (Lipinski definition) is 6. The largest absolute Gasteiger partial charge is 0.449 e. The van der Waals surface area contributed by atoms with Gasteiger partial charge in [0, 0.05) is 12.8 Å². The Hall–Kier alpha value is -6.29. The minimum Gasteiger partial charge on any atom is -0.449 e. The van der Waals surface area contributed by atoms with Gasteiger partial charge < -0.3 is 20.2 Å². The Kier molecular flexibility index (Phi) is 10.0. The molecule has 3 amide bonds. The fourth-order valence-corrected chi connectivity index (χ4v) is 5.69. The minimum absolute atomic E-state index is 0.0255. The summed E-state index contributed by atoms with van der Waals surface area (Å²) in [4.78, 5) is 55.7. The van der Waals surface area contributed by atoms with Gasteiger partial charge in [-0.25, -0.2) is 14.0 Å². The first-order valence-electron chi connectivity index (χ1n) is 15.7. The number of hydroxylamine groups is 1. The Balaban J connectivity index is 1.10. The van der Waals surface area contributed by atoms with E-state index in [1.165, 1.54) is 12.1 Å². The third kappa shape index (κ3) is 8.17. The second-order valence-corrected chi connectivity index (χ2v) is 11.4. The number of amides is 3. The lowest BCUT2D eigenvalue weighted by atomic mass is 9.95. The van der Waals surface area contributed by atoms with Gasteiger partial charge in [0.2, 0.25) is 5.91 Å². The van der Waals surface area contributed by atoms with E-state index in [4.69, 9.17) is 9.57 Å². The highest BCUT2D eigenvalue weighted by Gasteiger charge is 2.23. The van der Waals surface area contributed by atoms with E-state index in [0.717, 1.165) is 55.6 Å². The molecule has 0 bridgehead atoms. The third-order valence-electron chi connectivity index (χ3n) is 8.09. The lowest BCUT2D eigenvalue weighted by Gasteiger charge is -2.19. The third-order valence-corrected chi connectivity index (χ3v) is 8.09. The van der Waals surface area contributed by atoms with Crippen molar-refractivity contribution < 1.29 is 33.1 Å². The summed E-state index contributed by atoms with van der Waals surface area (Å²) >= 11 is 0. The number of ether oxygens (including phenoxy) is 1. The van der Waals surface area contributed by atoms with E-state index >= 15 is 0 Å². The van der Waals surface area contributed by atoms with Crippen molar-refractivity contribution in [3.63, 3.8) is 0 Å². The topological polar surface area (TPSA) is 123 Å². The molecular weight excluding hydrogens is 625 g/mol. The van der Waals surface area contributed by atoms with Gasteiger partial charge in [-0.3, -0.25) is 9.59 Å². The minimum atomic E-state index is -1.10. The zero-order valence-corrected chi connectivity index (χ0v) is 26.3. The standard InChI is InChI=1S/C39H32FN3O6/c40-31-17-15-27(16-18-31)38(46)49-43-36(44)24-41-37(45)35(22-25-13-14-26-7-1-2-8-28(26)21-25)42-39(47)48-20-19-34-32-11-5-3-9-29(32)23-30-10-4-6-12-33(30)34/h1-18,21,23,35H,19-20,22,24H2,(H,41,45)(H,42,47)(H,43,44)/t35-/m0/s1. The van der Waals surface area contributed by atoms with Gasteiger partial charge >= 0.3 is 12.1 Å². The molecule has 6 rings (SSSR count). The summed E-state index contributed by atoms with van der Waals surface area (Å²) < 4.78 is 18.7. The van der Waals surface area contributed by atoms with E-state index in [1.54, 1.807) is 0 Å². The summed E-state index contributed by atoms with van der Waals surface area (Å²) in [5, 5.41) is 11.4. The van der Waals surface area contributed by atoms with Crippen molar-refractivity contribution in [2.75, 3.05) is 13.2 Å². The zero-order chi connectivity index (χ0) is 34.2. The Labute approximate surface area is 281 Å². The van der Waals surface area contributed by atoms with E-state index in [9.17, 15) is 23.6 Å². The number of fused-ring (bicyclic) bond motifs is 3. The molecular formula is C39H32FN3O6. The molecule has 49 heavy (non-hydrogen) atoms. The van der Waals surface area contributed by atoms with Crippen LogP contribution in [-0.4, -0.2) is 43.1 Å². The zero-order valence-electron chi connectivity index (χ0n) is 26.3. The molecule has 0 saturated carbocycles. The van der Waals surface area contributed by atoms with Gasteiger partial charge in [0.15, 0.2) is 0 Å². The quantitative estimate of drug-likeness (QED) is 0.120. The van der Waals surface area contributed by atoms with Crippen LogP contribution < -0.4 is 16.1 Å². The second kappa shape index (κ2) is 15.1. The Bertz CT molecular complexity index is 2110. The van der Waals surface area contributed by atoms with Gasteiger partial charge in [-0.2, -0.15) is 5.48 Å². The predicted octanol–water partition coefficient (Wildman–Crippen LogP) is 6.17. The first-order chi connectivity index (χ1) is 23.8. The average Bonchev–Trinajstić information content (AvgIpc) is 3.12. The van der Waals surface area contributed by atoms with Gasteiger partial charge in [0.05, 0.1) is 18.7 Å². The van der Waals surface area contributed by atoms with Crippen LogP contribution in [0.25, 0.3) is 32.3 Å². The van der Waals surface area contributed by atoms with Crippen LogP contribution in [0.4, 0.5) is 9.18 Å².